The van der Waals surface area contributed by atoms with E-state index in [1.807, 2.05) is 0 Å². The van der Waals surface area contributed by atoms with Gasteiger partial charge in [0.2, 0.25) is 0 Å². The summed E-state index contributed by atoms with van der Waals surface area (Å²) in [4.78, 5) is 23.5. The van der Waals surface area contributed by atoms with Gasteiger partial charge in [-0.25, -0.2) is 0 Å². The second-order valence-electron chi connectivity index (χ2n) is 6.24. The van der Waals surface area contributed by atoms with Crippen LogP contribution in [-0.4, -0.2) is 41.5 Å². The first-order valence-electron chi connectivity index (χ1n) is 9.09. The molecule has 0 unspecified atom stereocenters. The molecule has 9 heteroatoms. The SMILES string of the molecule is CNC(=O)/C(CCCCCCNC(=O)c1cc(-c2ccc(N)cc2)on1)=N/O. The molecule has 5 N–H and O–H groups in total. The number of unbranched alkanes of at least 4 members (excludes halogenated alkanes) is 3. The highest BCUT2D eigenvalue weighted by molar-refractivity contribution is 6.38. The smallest absolute Gasteiger partial charge is 0.273 e. The minimum atomic E-state index is -0.374. The molecule has 1 aromatic heterocycles. The molecule has 0 fully saturated rings. The number of carbonyl (C=O) groups is 2. The molecular formula is C19H25N5O4. The van der Waals surface area contributed by atoms with Gasteiger partial charge in [0.25, 0.3) is 11.8 Å². The number of aromatic nitrogens is 1. The molecule has 0 aliphatic carbocycles. The Morgan fingerprint density at radius 3 is 2.57 bits per heavy atom. The first-order chi connectivity index (χ1) is 13.5. The second-order valence-corrected chi connectivity index (χ2v) is 6.24. The average Bonchev–Trinajstić information content (AvgIpc) is 3.20. The van der Waals surface area contributed by atoms with E-state index in [4.69, 9.17) is 15.5 Å². The zero-order valence-corrected chi connectivity index (χ0v) is 15.8. The summed E-state index contributed by atoms with van der Waals surface area (Å²) in [7, 11) is 1.49. The van der Waals surface area contributed by atoms with Crippen molar-refractivity contribution in [1.29, 1.82) is 0 Å². The van der Waals surface area contributed by atoms with Crippen molar-refractivity contribution < 1.29 is 19.3 Å². The normalized spacial score (nSPS) is 11.2. The van der Waals surface area contributed by atoms with Gasteiger partial charge >= 0.3 is 0 Å². The number of nitrogens with two attached hydrogens (primary N) is 1. The molecule has 0 radical (unpaired) electrons. The summed E-state index contributed by atoms with van der Waals surface area (Å²) >= 11 is 0. The van der Waals surface area contributed by atoms with Crippen LogP contribution in [0, 0.1) is 0 Å². The minimum absolute atomic E-state index is 0.124. The number of benzene rings is 1. The van der Waals surface area contributed by atoms with Crippen LogP contribution in [0.1, 0.15) is 42.6 Å². The van der Waals surface area contributed by atoms with Gasteiger partial charge in [-0.05, 0) is 43.5 Å². The zero-order chi connectivity index (χ0) is 20.4. The molecule has 0 bridgehead atoms. The maximum Gasteiger partial charge on any atom is 0.273 e. The fraction of sp³-hybridized carbons (Fsp3) is 0.368. The fourth-order valence-corrected chi connectivity index (χ4v) is 2.58. The predicted octanol–water partition coefficient (Wildman–Crippen LogP) is 2.18. The Balaban J connectivity index is 1.66. The van der Waals surface area contributed by atoms with Crippen LogP contribution in [0.3, 0.4) is 0 Å². The number of nitrogens with zero attached hydrogens (tertiary/aromatic N) is 2. The lowest BCUT2D eigenvalue weighted by Crippen LogP contribution is -2.27. The third-order valence-corrected chi connectivity index (χ3v) is 4.17. The van der Waals surface area contributed by atoms with Gasteiger partial charge in [-0.3, -0.25) is 9.59 Å². The molecule has 0 atom stereocenters. The highest BCUT2D eigenvalue weighted by Gasteiger charge is 2.13. The van der Waals surface area contributed by atoms with E-state index in [2.05, 4.69) is 20.9 Å². The van der Waals surface area contributed by atoms with Crippen molar-refractivity contribution in [3.8, 4) is 11.3 Å². The van der Waals surface area contributed by atoms with Gasteiger partial charge in [-0.15, -0.1) is 0 Å². The molecule has 2 amide bonds. The summed E-state index contributed by atoms with van der Waals surface area (Å²) in [6.45, 7) is 0.513. The molecule has 2 rings (SSSR count). The van der Waals surface area contributed by atoms with Gasteiger partial charge in [0.15, 0.2) is 11.5 Å². The van der Waals surface area contributed by atoms with Gasteiger partial charge < -0.3 is 26.1 Å². The number of hydrogen-bond donors (Lipinski definition) is 4. The van der Waals surface area contributed by atoms with Crippen molar-refractivity contribution in [2.24, 2.45) is 5.16 Å². The number of nitrogen functional groups attached to an aromatic ring is 1. The molecule has 9 nitrogen and oxygen atoms in total. The Morgan fingerprint density at radius 1 is 1.18 bits per heavy atom. The Kier molecular flexibility index (Phi) is 8.01. The van der Waals surface area contributed by atoms with Crippen molar-refractivity contribution in [2.75, 3.05) is 19.3 Å². The Labute approximate surface area is 163 Å². The van der Waals surface area contributed by atoms with E-state index in [0.717, 1.165) is 31.2 Å². The van der Waals surface area contributed by atoms with Crippen LogP contribution in [0.2, 0.25) is 0 Å². The van der Waals surface area contributed by atoms with Crippen molar-refractivity contribution in [3.63, 3.8) is 0 Å². The van der Waals surface area contributed by atoms with E-state index in [0.29, 0.717) is 24.4 Å². The predicted molar refractivity (Wildman–Crippen MR) is 105 cm³/mol. The standard InChI is InChI=1S/C19H25N5O4/c1-21-18(25)15(23-27)6-4-2-3-5-11-22-19(26)16-12-17(28-24-16)13-7-9-14(20)10-8-13/h7-10,12,27H,2-6,11,20H2,1H3,(H,21,25)(H,22,26)/b23-15+. The monoisotopic (exact) mass is 387 g/mol. The summed E-state index contributed by atoms with van der Waals surface area (Å²) in [5, 5.41) is 20.8. The number of anilines is 1. The second kappa shape index (κ2) is 10.7. The summed E-state index contributed by atoms with van der Waals surface area (Å²) in [6, 6.07) is 8.70. The fourth-order valence-electron chi connectivity index (χ4n) is 2.58. The number of oxime groups is 1. The van der Waals surface area contributed by atoms with Gasteiger partial charge in [0.05, 0.1) is 0 Å². The van der Waals surface area contributed by atoms with Crippen LogP contribution in [0.15, 0.2) is 40.0 Å². The van der Waals surface area contributed by atoms with Crippen molar-refractivity contribution >= 4 is 23.2 Å². The summed E-state index contributed by atoms with van der Waals surface area (Å²) in [5.74, 6) is -0.164. The number of amides is 2. The maximum atomic E-state index is 12.1. The minimum Gasteiger partial charge on any atom is -0.410 e. The van der Waals surface area contributed by atoms with Crippen molar-refractivity contribution in [3.05, 3.63) is 36.0 Å². The summed E-state index contributed by atoms with van der Waals surface area (Å²) in [6.07, 6.45) is 3.67. The van der Waals surface area contributed by atoms with Crippen LogP contribution in [-0.2, 0) is 4.79 Å². The molecular weight excluding hydrogens is 362 g/mol. The van der Waals surface area contributed by atoms with E-state index in [1.165, 1.54) is 7.05 Å². The molecule has 1 aromatic carbocycles. The third kappa shape index (κ3) is 6.11. The van der Waals surface area contributed by atoms with E-state index < -0.39 is 0 Å². The zero-order valence-electron chi connectivity index (χ0n) is 15.8. The van der Waals surface area contributed by atoms with Crippen molar-refractivity contribution in [1.82, 2.24) is 15.8 Å². The lowest BCUT2D eigenvalue weighted by atomic mass is 10.1. The third-order valence-electron chi connectivity index (χ3n) is 4.17. The lowest BCUT2D eigenvalue weighted by molar-refractivity contribution is -0.114. The molecule has 0 saturated heterocycles. The first-order valence-corrected chi connectivity index (χ1v) is 9.09. The molecule has 28 heavy (non-hydrogen) atoms. The topological polar surface area (TPSA) is 143 Å². The summed E-state index contributed by atoms with van der Waals surface area (Å²) in [5.41, 5.74) is 7.44. The van der Waals surface area contributed by atoms with Gasteiger partial charge in [-0.1, -0.05) is 23.2 Å². The van der Waals surface area contributed by atoms with Crippen LogP contribution in [0.25, 0.3) is 11.3 Å². The first kappa shape index (κ1) is 20.9. The number of carbonyl (C=O) groups excluding carboxylic acids is 2. The van der Waals surface area contributed by atoms with Crippen molar-refractivity contribution in [2.45, 2.75) is 32.1 Å². The van der Waals surface area contributed by atoms with Gasteiger partial charge in [0, 0.05) is 30.9 Å². The molecule has 0 spiro atoms. The molecule has 0 aliphatic heterocycles. The van der Waals surface area contributed by atoms with E-state index >= 15 is 0 Å². The molecule has 0 saturated carbocycles. The Morgan fingerprint density at radius 2 is 1.89 bits per heavy atom. The van der Waals surface area contributed by atoms with Gasteiger partial charge in [0.1, 0.15) is 5.71 Å². The average molecular weight is 387 g/mol. The van der Waals surface area contributed by atoms with Crippen LogP contribution in [0.5, 0.6) is 0 Å². The Hall–Kier alpha value is -3.36. The maximum absolute atomic E-state index is 12.1. The number of nitrogens with one attached hydrogen (secondary N) is 2. The molecule has 150 valence electrons. The highest BCUT2D eigenvalue weighted by atomic mass is 16.5. The van der Waals surface area contributed by atoms with E-state index in [-0.39, 0.29) is 23.2 Å². The Bertz CT molecular complexity index is 814. The van der Waals surface area contributed by atoms with Crippen LogP contribution >= 0.6 is 0 Å². The quantitative estimate of drug-likeness (QED) is 0.162. The molecule has 1 heterocycles. The molecule has 0 aliphatic rings. The number of rotatable bonds is 10. The lowest BCUT2D eigenvalue weighted by Gasteiger charge is -2.04. The van der Waals surface area contributed by atoms with Crippen LogP contribution < -0.4 is 16.4 Å². The number of hydrogen-bond acceptors (Lipinski definition) is 7. The summed E-state index contributed by atoms with van der Waals surface area (Å²) < 4.78 is 5.22. The largest absolute Gasteiger partial charge is 0.410 e. The van der Waals surface area contributed by atoms with Gasteiger partial charge in [-0.2, -0.15) is 0 Å². The van der Waals surface area contributed by atoms with Crippen LogP contribution in [0.4, 0.5) is 5.69 Å². The van der Waals surface area contributed by atoms with E-state index in [9.17, 15) is 9.59 Å². The molecule has 2 aromatic rings. The highest BCUT2D eigenvalue weighted by Crippen LogP contribution is 2.21. The van der Waals surface area contributed by atoms with E-state index in [1.54, 1.807) is 30.3 Å².